The summed E-state index contributed by atoms with van der Waals surface area (Å²) >= 11 is 0. The molecular weight excluding hydrogens is 254 g/mol. The quantitative estimate of drug-likeness (QED) is 0.718. The van der Waals surface area contributed by atoms with Gasteiger partial charge in [-0.15, -0.1) is 0 Å². The Morgan fingerprint density at radius 3 is 2.25 bits per heavy atom. The van der Waals surface area contributed by atoms with Gasteiger partial charge in [0.1, 0.15) is 0 Å². The molecule has 1 saturated carbocycles. The van der Waals surface area contributed by atoms with E-state index in [0.29, 0.717) is 18.8 Å². The van der Waals surface area contributed by atoms with E-state index in [-0.39, 0.29) is 18.2 Å². The van der Waals surface area contributed by atoms with Crippen molar-refractivity contribution in [2.45, 2.75) is 77.7 Å². The van der Waals surface area contributed by atoms with Gasteiger partial charge in [-0.1, -0.05) is 46.5 Å². The zero-order chi connectivity index (χ0) is 15.2. The maximum atomic E-state index is 12.3. The van der Waals surface area contributed by atoms with E-state index in [0.717, 1.165) is 6.42 Å². The number of carboxylic acids is 1. The molecule has 2 N–H and O–H groups in total. The van der Waals surface area contributed by atoms with Gasteiger partial charge in [0.2, 0.25) is 5.91 Å². The molecule has 1 rings (SSSR count). The number of carbonyl (C=O) groups is 2. The van der Waals surface area contributed by atoms with Crippen molar-refractivity contribution in [1.29, 1.82) is 0 Å². The Labute approximate surface area is 122 Å². The van der Waals surface area contributed by atoms with Gasteiger partial charge in [0.05, 0.1) is 6.42 Å². The lowest BCUT2D eigenvalue weighted by atomic mass is 9.87. The second-order valence-corrected chi connectivity index (χ2v) is 6.33. The van der Waals surface area contributed by atoms with Gasteiger partial charge < -0.3 is 10.4 Å². The Morgan fingerprint density at radius 1 is 1.25 bits per heavy atom. The summed E-state index contributed by atoms with van der Waals surface area (Å²) in [5.74, 6) is -0.184. The molecule has 0 aromatic rings. The standard InChI is InChI=1S/C16H29NO3/c1-4-16(5-2,11-14(18)19)17-15(20)12(3)10-13-8-6-7-9-13/h12-13H,4-11H2,1-3H3,(H,17,20)(H,18,19). The largest absolute Gasteiger partial charge is 0.481 e. The van der Waals surface area contributed by atoms with E-state index < -0.39 is 11.5 Å². The average molecular weight is 283 g/mol. The van der Waals surface area contributed by atoms with Gasteiger partial charge in [-0.2, -0.15) is 0 Å². The van der Waals surface area contributed by atoms with Crippen LogP contribution in [-0.4, -0.2) is 22.5 Å². The molecule has 116 valence electrons. The van der Waals surface area contributed by atoms with Crippen LogP contribution < -0.4 is 5.32 Å². The molecule has 0 heterocycles. The van der Waals surface area contributed by atoms with Crippen LogP contribution in [0.4, 0.5) is 0 Å². The monoisotopic (exact) mass is 283 g/mol. The minimum Gasteiger partial charge on any atom is -0.481 e. The molecule has 1 fully saturated rings. The minimum atomic E-state index is -0.850. The molecule has 4 nitrogen and oxygen atoms in total. The second-order valence-electron chi connectivity index (χ2n) is 6.33. The lowest BCUT2D eigenvalue weighted by molar-refractivity contribution is -0.139. The van der Waals surface area contributed by atoms with Crippen LogP contribution in [0.1, 0.15) is 72.1 Å². The zero-order valence-electron chi connectivity index (χ0n) is 13.1. The van der Waals surface area contributed by atoms with Gasteiger partial charge in [0.15, 0.2) is 0 Å². The number of hydrogen-bond acceptors (Lipinski definition) is 2. The fourth-order valence-electron chi connectivity index (χ4n) is 3.25. The summed E-state index contributed by atoms with van der Waals surface area (Å²) in [6.45, 7) is 5.84. The van der Waals surface area contributed by atoms with Crippen LogP contribution in [0.5, 0.6) is 0 Å². The lowest BCUT2D eigenvalue weighted by Crippen LogP contribution is -2.50. The van der Waals surface area contributed by atoms with Crippen LogP contribution in [0.25, 0.3) is 0 Å². The van der Waals surface area contributed by atoms with Gasteiger partial charge in [-0.3, -0.25) is 9.59 Å². The van der Waals surface area contributed by atoms with E-state index in [1.165, 1.54) is 25.7 Å². The Balaban J connectivity index is 2.57. The predicted octanol–water partition coefficient (Wildman–Crippen LogP) is 3.35. The van der Waals surface area contributed by atoms with Gasteiger partial charge in [-0.05, 0) is 25.2 Å². The van der Waals surface area contributed by atoms with Crippen molar-refractivity contribution in [2.24, 2.45) is 11.8 Å². The highest BCUT2D eigenvalue weighted by molar-refractivity contribution is 5.80. The van der Waals surface area contributed by atoms with Crippen molar-refractivity contribution in [1.82, 2.24) is 5.32 Å². The van der Waals surface area contributed by atoms with E-state index in [1.807, 2.05) is 20.8 Å². The lowest BCUT2D eigenvalue weighted by Gasteiger charge is -2.33. The Morgan fingerprint density at radius 2 is 1.80 bits per heavy atom. The van der Waals surface area contributed by atoms with E-state index in [1.54, 1.807) is 0 Å². The summed E-state index contributed by atoms with van der Waals surface area (Å²) in [5.41, 5.74) is -0.590. The molecule has 0 aliphatic heterocycles. The van der Waals surface area contributed by atoms with Crippen LogP contribution in [0.15, 0.2) is 0 Å². The first-order valence-electron chi connectivity index (χ1n) is 7.96. The van der Waals surface area contributed by atoms with Crippen molar-refractivity contribution in [3.8, 4) is 0 Å². The minimum absolute atomic E-state index is 0.00187. The Bertz CT molecular complexity index is 331. The van der Waals surface area contributed by atoms with E-state index in [2.05, 4.69) is 5.32 Å². The van der Waals surface area contributed by atoms with Crippen LogP contribution in [-0.2, 0) is 9.59 Å². The molecule has 4 heteroatoms. The maximum Gasteiger partial charge on any atom is 0.305 e. The highest BCUT2D eigenvalue weighted by Crippen LogP contribution is 2.30. The molecule has 0 aromatic heterocycles. The first kappa shape index (κ1) is 17.0. The maximum absolute atomic E-state index is 12.3. The van der Waals surface area contributed by atoms with Crippen LogP contribution in [0.2, 0.25) is 0 Å². The van der Waals surface area contributed by atoms with Gasteiger partial charge in [0.25, 0.3) is 0 Å². The van der Waals surface area contributed by atoms with Crippen molar-refractivity contribution < 1.29 is 14.7 Å². The van der Waals surface area contributed by atoms with Crippen molar-refractivity contribution in [3.63, 3.8) is 0 Å². The Kier molecular flexibility index (Phi) is 6.50. The first-order chi connectivity index (χ1) is 9.42. The smallest absolute Gasteiger partial charge is 0.305 e. The summed E-state index contributed by atoms with van der Waals surface area (Å²) in [6.07, 6.45) is 7.27. The zero-order valence-corrected chi connectivity index (χ0v) is 13.1. The summed E-state index contributed by atoms with van der Waals surface area (Å²) in [5, 5.41) is 12.1. The summed E-state index contributed by atoms with van der Waals surface area (Å²) in [7, 11) is 0. The number of aliphatic carboxylic acids is 1. The molecule has 0 spiro atoms. The van der Waals surface area contributed by atoms with Crippen molar-refractivity contribution in [3.05, 3.63) is 0 Å². The molecule has 1 amide bonds. The normalized spacial score (nSPS) is 17.9. The molecule has 0 bridgehead atoms. The molecule has 1 atom stereocenters. The van der Waals surface area contributed by atoms with Crippen molar-refractivity contribution >= 4 is 11.9 Å². The highest BCUT2D eigenvalue weighted by Gasteiger charge is 2.33. The van der Waals surface area contributed by atoms with Gasteiger partial charge >= 0.3 is 5.97 Å². The summed E-state index contributed by atoms with van der Waals surface area (Å²) in [4.78, 5) is 23.4. The predicted molar refractivity (Wildman–Crippen MR) is 79.4 cm³/mol. The number of nitrogens with one attached hydrogen (secondary N) is 1. The third-order valence-electron chi connectivity index (χ3n) is 4.84. The molecule has 1 unspecified atom stereocenters. The fourth-order valence-corrected chi connectivity index (χ4v) is 3.25. The van der Waals surface area contributed by atoms with E-state index in [4.69, 9.17) is 5.11 Å². The summed E-state index contributed by atoms with van der Waals surface area (Å²) < 4.78 is 0. The van der Waals surface area contributed by atoms with E-state index >= 15 is 0 Å². The molecule has 0 saturated heterocycles. The summed E-state index contributed by atoms with van der Waals surface area (Å²) in [6, 6.07) is 0. The van der Waals surface area contributed by atoms with E-state index in [9.17, 15) is 9.59 Å². The average Bonchev–Trinajstić information content (AvgIpc) is 2.90. The second kappa shape index (κ2) is 7.65. The third-order valence-corrected chi connectivity index (χ3v) is 4.84. The van der Waals surface area contributed by atoms with Crippen LogP contribution >= 0.6 is 0 Å². The number of amides is 1. The topological polar surface area (TPSA) is 66.4 Å². The molecule has 20 heavy (non-hydrogen) atoms. The molecule has 0 aromatic carbocycles. The third kappa shape index (κ3) is 4.80. The SMILES string of the molecule is CCC(CC)(CC(=O)O)NC(=O)C(C)CC1CCCC1. The van der Waals surface area contributed by atoms with Crippen molar-refractivity contribution in [2.75, 3.05) is 0 Å². The molecular formula is C16H29NO3. The number of carboxylic acid groups (broad SMARTS) is 1. The molecule has 0 radical (unpaired) electrons. The Hall–Kier alpha value is -1.06. The first-order valence-corrected chi connectivity index (χ1v) is 7.96. The number of hydrogen-bond donors (Lipinski definition) is 2. The van der Waals surface area contributed by atoms with Gasteiger partial charge in [0, 0.05) is 11.5 Å². The number of carbonyl (C=O) groups excluding carboxylic acids is 1. The number of rotatable bonds is 8. The van der Waals surface area contributed by atoms with Gasteiger partial charge in [-0.25, -0.2) is 0 Å². The molecule has 1 aliphatic rings. The fraction of sp³-hybridized carbons (Fsp3) is 0.875. The van der Waals surface area contributed by atoms with Crippen LogP contribution in [0.3, 0.4) is 0 Å². The van der Waals surface area contributed by atoms with Crippen LogP contribution in [0, 0.1) is 11.8 Å². The highest BCUT2D eigenvalue weighted by atomic mass is 16.4. The molecule has 1 aliphatic carbocycles.